The molecule has 1 aliphatic heterocycles. The van der Waals surface area contributed by atoms with E-state index in [0.717, 1.165) is 31.4 Å². The van der Waals surface area contributed by atoms with Crippen LogP contribution >= 0.6 is 0 Å². The molecule has 0 bridgehead atoms. The molecule has 1 N–H and O–H groups in total. The number of amides is 1. The van der Waals surface area contributed by atoms with Crippen LogP contribution in [0.1, 0.15) is 47.8 Å². The van der Waals surface area contributed by atoms with Crippen LogP contribution in [0.4, 0.5) is 0 Å². The van der Waals surface area contributed by atoms with Crippen molar-refractivity contribution >= 4 is 5.91 Å². The van der Waals surface area contributed by atoms with E-state index in [4.69, 9.17) is 4.52 Å². The topological polar surface area (TPSA) is 66.6 Å². The lowest BCUT2D eigenvalue weighted by atomic mass is 10.1. The second-order valence-corrected chi connectivity index (χ2v) is 4.94. The molecule has 1 amide bonds. The summed E-state index contributed by atoms with van der Waals surface area (Å²) in [6.07, 6.45) is 3.48. The molecule has 5 heteroatoms. The SMILES string of the molecule is O=C(c1cc(C2CC2)on1)N1CCC[C@H](O)C1. The number of nitrogens with zero attached hydrogens (tertiary/aromatic N) is 2. The fraction of sp³-hybridized carbons (Fsp3) is 0.667. The average Bonchev–Trinajstić information content (AvgIpc) is 3.07. The molecule has 1 atom stereocenters. The molecular formula is C12H16N2O3. The Balaban J connectivity index is 1.71. The Morgan fingerprint density at radius 1 is 1.47 bits per heavy atom. The summed E-state index contributed by atoms with van der Waals surface area (Å²) in [5.41, 5.74) is 0.376. The van der Waals surface area contributed by atoms with Crippen LogP contribution in [0.5, 0.6) is 0 Å². The molecule has 3 rings (SSSR count). The monoisotopic (exact) mass is 236 g/mol. The third-order valence-corrected chi connectivity index (χ3v) is 3.41. The molecule has 0 radical (unpaired) electrons. The van der Waals surface area contributed by atoms with Gasteiger partial charge in [0.15, 0.2) is 5.69 Å². The summed E-state index contributed by atoms with van der Waals surface area (Å²) in [5, 5.41) is 13.4. The summed E-state index contributed by atoms with van der Waals surface area (Å²) in [7, 11) is 0. The number of aliphatic hydroxyl groups is 1. The van der Waals surface area contributed by atoms with E-state index in [1.54, 1.807) is 11.0 Å². The molecule has 2 fully saturated rings. The number of piperidine rings is 1. The van der Waals surface area contributed by atoms with Crippen LogP contribution in [0, 0.1) is 0 Å². The molecule has 17 heavy (non-hydrogen) atoms. The van der Waals surface area contributed by atoms with Crippen molar-refractivity contribution in [3.8, 4) is 0 Å². The van der Waals surface area contributed by atoms with Gasteiger partial charge >= 0.3 is 0 Å². The quantitative estimate of drug-likeness (QED) is 0.836. The van der Waals surface area contributed by atoms with E-state index in [1.165, 1.54) is 0 Å². The predicted octanol–water partition coefficient (Wildman–Crippen LogP) is 1.15. The molecule has 2 aliphatic rings. The number of carbonyl (C=O) groups is 1. The molecule has 2 heterocycles. The van der Waals surface area contributed by atoms with Gasteiger partial charge in [0, 0.05) is 25.1 Å². The zero-order valence-electron chi connectivity index (χ0n) is 9.63. The van der Waals surface area contributed by atoms with Crippen molar-refractivity contribution in [2.75, 3.05) is 13.1 Å². The fourth-order valence-electron chi connectivity index (χ4n) is 2.25. The second kappa shape index (κ2) is 4.14. The number of likely N-dealkylation sites (tertiary alicyclic amines) is 1. The third-order valence-electron chi connectivity index (χ3n) is 3.41. The van der Waals surface area contributed by atoms with Gasteiger partial charge in [0.05, 0.1) is 6.10 Å². The Hall–Kier alpha value is -1.36. The number of aliphatic hydroxyl groups excluding tert-OH is 1. The highest BCUT2D eigenvalue weighted by atomic mass is 16.5. The maximum Gasteiger partial charge on any atom is 0.276 e. The highest BCUT2D eigenvalue weighted by Gasteiger charge is 2.30. The summed E-state index contributed by atoms with van der Waals surface area (Å²) in [6, 6.07) is 1.75. The van der Waals surface area contributed by atoms with Gasteiger partial charge in [0.1, 0.15) is 5.76 Å². The standard InChI is InChI=1S/C12H16N2O3/c15-9-2-1-5-14(7-9)12(16)10-6-11(17-13-10)8-3-4-8/h6,8-9,15H,1-5,7H2/t9-/m0/s1. The molecule has 5 nitrogen and oxygen atoms in total. The van der Waals surface area contributed by atoms with Gasteiger partial charge in [-0.2, -0.15) is 0 Å². The van der Waals surface area contributed by atoms with Crippen molar-refractivity contribution in [3.63, 3.8) is 0 Å². The molecule has 92 valence electrons. The fourth-order valence-corrected chi connectivity index (χ4v) is 2.25. The van der Waals surface area contributed by atoms with Gasteiger partial charge in [-0.3, -0.25) is 4.79 Å². The first-order valence-electron chi connectivity index (χ1n) is 6.18. The highest BCUT2D eigenvalue weighted by molar-refractivity contribution is 5.92. The van der Waals surface area contributed by atoms with Crippen molar-refractivity contribution in [1.82, 2.24) is 10.1 Å². The molecule has 0 spiro atoms. The minimum atomic E-state index is -0.400. The molecule has 0 aromatic carbocycles. The van der Waals surface area contributed by atoms with Crippen molar-refractivity contribution in [2.24, 2.45) is 0 Å². The first kappa shape index (κ1) is 10.8. The molecule has 1 saturated carbocycles. The van der Waals surface area contributed by atoms with E-state index in [-0.39, 0.29) is 5.91 Å². The normalized spacial score (nSPS) is 25.0. The predicted molar refractivity (Wildman–Crippen MR) is 59.6 cm³/mol. The number of carbonyl (C=O) groups excluding carboxylic acids is 1. The first-order chi connectivity index (χ1) is 8.24. The maximum atomic E-state index is 12.1. The molecule has 0 unspecified atom stereocenters. The Kier molecular flexibility index (Phi) is 2.63. The summed E-state index contributed by atoms with van der Waals surface area (Å²) < 4.78 is 5.17. The van der Waals surface area contributed by atoms with E-state index in [1.807, 2.05) is 0 Å². The summed E-state index contributed by atoms with van der Waals surface area (Å²) in [6.45, 7) is 1.10. The van der Waals surface area contributed by atoms with Crippen LogP contribution in [-0.2, 0) is 0 Å². The van der Waals surface area contributed by atoms with E-state index >= 15 is 0 Å². The van der Waals surface area contributed by atoms with E-state index in [9.17, 15) is 9.90 Å². The van der Waals surface area contributed by atoms with Crippen LogP contribution in [-0.4, -0.2) is 40.3 Å². The molecule has 1 aliphatic carbocycles. The van der Waals surface area contributed by atoms with E-state index in [0.29, 0.717) is 24.7 Å². The zero-order chi connectivity index (χ0) is 11.8. The number of rotatable bonds is 2. The van der Waals surface area contributed by atoms with E-state index in [2.05, 4.69) is 5.16 Å². The van der Waals surface area contributed by atoms with Crippen molar-refractivity contribution in [3.05, 3.63) is 17.5 Å². The molecule has 1 aromatic rings. The van der Waals surface area contributed by atoms with Crippen molar-refractivity contribution < 1.29 is 14.4 Å². The van der Waals surface area contributed by atoms with Gasteiger partial charge in [0.2, 0.25) is 0 Å². The van der Waals surface area contributed by atoms with Gasteiger partial charge < -0.3 is 14.5 Å². The average molecular weight is 236 g/mol. The van der Waals surface area contributed by atoms with Gasteiger partial charge in [0.25, 0.3) is 5.91 Å². The number of aromatic nitrogens is 1. The van der Waals surface area contributed by atoms with Crippen LogP contribution < -0.4 is 0 Å². The number of β-amino-alcohol motifs (C(OH)–C–C–N with tert-alkyl or cyclic N) is 1. The number of hydrogen-bond donors (Lipinski definition) is 1. The van der Waals surface area contributed by atoms with Gasteiger partial charge in [-0.05, 0) is 25.7 Å². The smallest absolute Gasteiger partial charge is 0.276 e. The highest BCUT2D eigenvalue weighted by Crippen LogP contribution is 2.40. The largest absolute Gasteiger partial charge is 0.391 e. The number of hydrogen-bond acceptors (Lipinski definition) is 4. The minimum absolute atomic E-state index is 0.126. The lowest BCUT2D eigenvalue weighted by Crippen LogP contribution is -2.42. The summed E-state index contributed by atoms with van der Waals surface area (Å²) in [4.78, 5) is 13.7. The summed E-state index contributed by atoms with van der Waals surface area (Å²) >= 11 is 0. The van der Waals surface area contributed by atoms with Gasteiger partial charge in [-0.15, -0.1) is 0 Å². The Labute approximate surface area is 99.4 Å². The van der Waals surface area contributed by atoms with Gasteiger partial charge in [-0.25, -0.2) is 0 Å². The lowest BCUT2D eigenvalue weighted by molar-refractivity contribution is 0.0465. The second-order valence-electron chi connectivity index (χ2n) is 4.94. The zero-order valence-corrected chi connectivity index (χ0v) is 9.63. The Morgan fingerprint density at radius 3 is 3.00 bits per heavy atom. The Morgan fingerprint density at radius 2 is 2.29 bits per heavy atom. The maximum absolute atomic E-state index is 12.1. The molecule has 1 saturated heterocycles. The lowest BCUT2D eigenvalue weighted by Gasteiger charge is -2.29. The minimum Gasteiger partial charge on any atom is -0.391 e. The molecule has 1 aromatic heterocycles. The summed E-state index contributed by atoms with van der Waals surface area (Å²) in [5.74, 6) is 1.17. The molecular weight excluding hydrogens is 220 g/mol. The van der Waals surface area contributed by atoms with Crippen LogP contribution in [0.2, 0.25) is 0 Å². The van der Waals surface area contributed by atoms with E-state index < -0.39 is 6.10 Å². The van der Waals surface area contributed by atoms with Gasteiger partial charge in [-0.1, -0.05) is 5.16 Å². The first-order valence-corrected chi connectivity index (χ1v) is 6.18. The third kappa shape index (κ3) is 2.20. The van der Waals surface area contributed by atoms with Crippen molar-refractivity contribution in [2.45, 2.75) is 37.7 Å². The van der Waals surface area contributed by atoms with Crippen LogP contribution in [0.25, 0.3) is 0 Å². The van der Waals surface area contributed by atoms with Crippen LogP contribution in [0.15, 0.2) is 10.6 Å². The Bertz CT molecular complexity index is 425. The van der Waals surface area contributed by atoms with Crippen LogP contribution in [0.3, 0.4) is 0 Å². The van der Waals surface area contributed by atoms with Crippen molar-refractivity contribution in [1.29, 1.82) is 0 Å².